The molecule has 0 bridgehead atoms. The highest BCUT2D eigenvalue weighted by atomic mass is 16.6. The normalized spacial score (nSPS) is 14.0. The Hall–Kier alpha value is -1.51. The Labute approximate surface area is 70.6 Å². The van der Waals surface area contributed by atoms with Crippen LogP contribution < -0.4 is 9.47 Å². The highest BCUT2D eigenvalue weighted by Crippen LogP contribution is 2.33. The summed E-state index contributed by atoms with van der Waals surface area (Å²) in [5, 5.41) is 0. The van der Waals surface area contributed by atoms with Gasteiger partial charge in [-0.2, -0.15) is 0 Å². The van der Waals surface area contributed by atoms with Crippen LogP contribution in [0.5, 0.6) is 11.5 Å². The van der Waals surface area contributed by atoms with Crippen molar-refractivity contribution < 1.29 is 9.47 Å². The molecule has 3 heteroatoms. The highest BCUT2D eigenvalue weighted by Gasteiger charge is 2.10. The monoisotopic (exact) mass is 163 g/mol. The Morgan fingerprint density at radius 1 is 1.17 bits per heavy atom. The Balaban J connectivity index is 2.42. The fourth-order valence-electron chi connectivity index (χ4n) is 1.13. The van der Waals surface area contributed by atoms with Crippen molar-refractivity contribution in [3.05, 3.63) is 18.2 Å². The predicted molar refractivity (Wildman–Crippen MR) is 46.6 cm³/mol. The first kappa shape index (κ1) is 7.16. The minimum absolute atomic E-state index is 0.605. The van der Waals surface area contributed by atoms with Crippen LogP contribution in [0.3, 0.4) is 0 Å². The molecule has 0 amide bonds. The molecule has 0 radical (unpaired) electrons. The summed E-state index contributed by atoms with van der Waals surface area (Å²) in [6.45, 7) is 4.66. The zero-order chi connectivity index (χ0) is 8.39. The van der Waals surface area contributed by atoms with E-state index in [9.17, 15) is 0 Å². The molecule has 0 atom stereocenters. The Kier molecular flexibility index (Phi) is 1.70. The number of hydrogen-bond acceptors (Lipinski definition) is 3. The van der Waals surface area contributed by atoms with Gasteiger partial charge in [0.2, 0.25) is 0 Å². The summed E-state index contributed by atoms with van der Waals surface area (Å²) in [6.07, 6.45) is 0. The molecule has 0 unspecified atom stereocenters. The molecule has 0 saturated carbocycles. The Morgan fingerprint density at radius 2 is 1.92 bits per heavy atom. The van der Waals surface area contributed by atoms with E-state index < -0.39 is 0 Å². The predicted octanol–water partition coefficient (Wildman–Crippen LogP) is 1.79. The van der Waals surface area contributed by atoms with Gasteiger partial charge in [-0.1, -0.05) is 0 Å². The minimum Gasteiger partial charge on any atom is -0.486 e. The van der Waals surface area contributed by atoms with Crippen molar-refractivity contribution in [1.29, 1.82) is 0 Å². The van der Waals surface area contributed by atoms with Crippen molar-refractivity contribution in [1.82, 2.24) is 0 Å². The molecule has 0 fully saturated rings. The molecule has 1 heterocycles. The molecule has 1 aromatic carbocycles. The number of benzene rings is 1. The summed E-state index contributed by atoms with van der Waals surface area (Å²) in [4.78, 5) is 3.79. The number of aliphatic imine (C=N–C) groups is 1. The van der Waals surface area contributed by atoms with E-state index in [1.807, 2.05) is 18.2 Å². The van der Waals surface area contributed by atoms with Crippen LogP contribution >= 0.6 is 0 Å². The Bertz CT molecular complexity index is 309. The lowest BCUT2D eigenvalue weighted by atomic mass is 10.2. The van der Waals surface area contributed by atoms with Crippen molar-refractivity contribution in [2.45, 2.75) is 0 Å². The maximum absolute atomic E-state index is 5.35. The van der Waals surface area contributed by atoms with Gasteiger partial charge in [-0.25, -0.2) is 0 Å². The van der Waals surface area contributed by atoms with Crippen molar-refractivity contribution in [3.63, 3.8) is 0 Å². The number of hydrogen-bond donors (Lipinski definition) is 0. The van der Waals surface area contributed by atoms with E-state index >= 15 is 0 Å². The summed E-state index contributed by atoms with van der Waals surface area (Å²) >= 11 is 0. The maximum atomic E-state index is 5.35. The number of ether oxygens (including phenoxy) is 2. The first-order chi connectivity index (χ1) is 5.90. The molecule has 1 aliphatic rings. The lowest BCUT2D eigenvalue weighted by molar-refractivity contribution is 0.171. The quantitative estimate of drug-likeness (QED) is 0.591. The standard InChI is InChI=1S/C9H9NO2/c1-10-7-2-3-8-9(6-7)12-5-4-11-8/h2-3,6H,1,4-5H2. The van der Waals surface area contributed by atoms with E-state index in [4.69, 9.17) is 9.47 Å². The van der Waals surface area contributed by atoms with Crippen LogP contribution in [0.2, 0.25) is 0 Å². The van der Waals surface area contributed by atoms with E-state index in [1.54, 1.807) is 0 Å². The first-order valence-corrected chi connectivity index (χ1v) is 3.76. The second-order valence-corrected chi connectivity index (χ2v) is 2.49. The molecule has 62 valence electrons. The summed E-state index contributed by atoms with van der Waals surface area (Å²) in [5.41, 5.74) is 0.805. The second kappa shape index (κ2) is 2.85. The topological polar surface area (TPSA) is 30.8 Å². The van der Waals surface area contributed by atoms with Crippen LogP contribution in [-0.4, -0.2) is 19.9 Å². The van der Waals surface area contributed by atoms with Gasteiger partial charge in [0, 0.05) is 6.07 Å². The molecule has 0 aromatic heterocycles. The number of rotatable bonds is 1. The molecular formula is C9H9NO2. The first-order valence-electron chi connectivity index (χ1n) is 3.76. The van der Waals surface area contributed by atoms with Gasteiger partial charge in [0.15, 0.2) is 11.5 Å². The summed E-state index contributed by atoms with van der Waals surface area (Å²) in [5.74, 6) is 1.54. The number of nitrogens with zero attached hydrogens (tertiary/aromatic N) is 1. The van der Waals surface area contributed by atoms with Crippen molar-refractivity contribution in [3.8, 4) is 11.5 Å². The lowest BCUT2D eigenvalue weighted by Crippen LogP contribution is -2.14. The molecular weight excluding hydrogens is 154 g/mol. The molecule has 12 heavy (non-hydrogen) atoms. The Morgan fingerprint density at radius 3 is 2.67 bits per heavy atom. The fraction of sp³-hybridized carbons (Fsp3) is 0.222. The van der Waals surface area contributed by atoms with Crippen molar-refractivity contribution in [2.24, 2.45) is 4.99 Å². The van der Waals surface area contributed by atoms with E-state index in [0.717, 1.165) is 17.2 Å². The third-order valence-corrected chi connectivity index (χ3v) is 1.71. The van der Waals surface area contributed by atoms with Crippen molar-refractivity contribution in [2.75, 3.05) is 13.2 Å². The van der Waals surface area contributed by atoms with E-state index in [0.29, 0.717) is 13.2 Å². The molecule has 1 aliphatic heterocycles. The van der Waals surface area contributed by atoms with Gasteiger partial charge in [0.05, 0.1) is 5.69 Å². The molecule has 2 rings (SSSR count). The van der Waals surface area contributed by atoms with Gasteiger partial charge in [-0.15, -0.1) is 0 Å². The minimum atomic E-state index is 0.605. The van der Waals surface area contributed by atoms with Gasteiger partial charge >= 0.3 is 0 Å². The third kappa shape index (κ3) is 1.13. The van der Waals surface area contributed by atoms with E-state index in [1.165, 1.54) is 0 Å². The van der Waals surface area contributed by atoms with E-state index in [-0.39, 0.29) is 0 Å². The van der Waals surface area contributed by atoms with Crippen LogP contribution in [0.15, 0.2) is 23.2 Å². The second-order valence-electron chi connectivity index (χ2n) is 2.49. The van der Waals surface area contributed by atoms with Crippen LogP contribution in [0, 0.1) is 0 Å². The maximum Gasteiger partial charge on any atom is 0.163 e. The van der Waals surface area contributed by atoms with Crippen LogP contribution in [-0.2, 0) is 0 Å². The van der Waals surface area contributed by atoms with Gasteiger partial charge in [0.25, 0.3) is 0 Å². The van der Waals surface area contributed by atoms with Crippen LogP contribution in [0.4, 0.5) is 5.69 Å². The molecule has 0 spiro atoms. The third-order valence-electron chi connectivity index (χ3n) is 1.71. The van der Waals surface area contributed by atoms with Crippen molar-refractivity contribution >= 4 is 12.4 Å². The zero-order valence-corrected chi connectivity index (χ0v) is 6.62. The lowest BCUT2D eigenvalue weighted by Gasteiger charge is -2.17. The highest BCUT2D eigenvalue weighted by molar-refractivity contribution is 5.54. The zero-order valence-electron chi connectivity index (χ0n) is 6.62. The average Bonchev–Trinajstić information content (AvgIpc) is 2.17. The van der Waals surface area contributed by atoms with Crippen LogP contribution in [0.25, 0.3) is 0 Å². The molecule has 0 saturated heterocycles. The molecule has 1 aromatic rings. The summed E-state index contributed by atoms with van der Waals surface area (Å²) < 4.78 is 10.7. The fourth-order valence-corrected chi connectivity index (χ4v) is 1.13. The van der Waals surface area contributed by atoms with Gasteiger partial charge in [-0.05, 0) is 18.9 Å². The molecule has 0 aliphatic carbocycles. The van der Waals surface area contributed by atoms with Crippen LogP contribution in [0.1, 0.15) is 0 Å². The average molecular weight is 163 g/mol. The molecule has 3 nitrogen and oxygen atoms in total. The molecule has 0 N–H and O–H groups in total. The van der Waals surface area contributed by atoms with Gasteiger partial charge < -0.3 is 9.47 Å². The van der Waals surface area contributed by atoms with Gasteiger partial charge in [0.1, 0.15) is 13.2 Å². The summed E-state index contributed by atoms with van der Waals surface area (Å²) in [7, 11) is 0. The summed E-state index contributed by atoms with van der Waals surface area (Å²) in [6, 6.07) is 5.51. The van der Waals surface area contributed by atoms with Gasteiger partial charge in [-0.3, -0.25) is 4.99 Å². The largest absolute Gasteiger partial charge is 0.486 e. The number of fused-ring (bicyclic) bond motifs is 1. The smallest absolute Gasteiger partial charge is 0.163 e. The van der Waals surface area contributed by atoms with E-state index in [2.05, 4.69) is 11.7 Å². The SMILES string of the molecule is C=Nc1ccc2c(c1)OCCO2.